The van der Waals surface area contributed by atoms with Crippen molar-refractivity contribution in [2.45, 2.75) is 24.9 Å². The average molecular weight is 413 g/mol. The minimum Gasteiger partial charge on any atom is -0.497 e. The molecule has 2 amide bonds. The highest BCUT2D eigenvalue weighted by molar-refractivity contribution is 5.95. The largest absolute Gasteiger partial charge is 0.497 e. The second kappa shape index (κ2) is 8.39. The first-order valence-corrected chi connectivity index (χ1v) is 9.99. The molecule has 158 valence electrons. The number of benzene rings is 1. The lowest BCUT2D eigenvalue weighted by Gasteiger charge is -2.42. The lowest BCUT2D eigenvalue weighted by atomic mass is 9.92. The Morgan fingerprint density at radius 1 is 1.23 bits per heavy atom. The summed E-state index contributed by atoms with van der Waals surface area (Å²) < 4.78 is 24.9. The number of hydrogen-bond donors (Lipinski definition) is 0. The van der Waals surface area contributed by atoms with Crippen LogP contribution >= 0.6 is 0 Å². The molecule has 0 aliphatic carbocycles. The zero-order valence-corrected chi connectivity index (χ0v) is 16.8. The summed E-state index contributed by atoms with van der Waals surface area (Å²) in [4.78, 5) is 32.9. The van der Waals surface area contributed by atoms with E-state index in [9.17, 15) is 14.0 Å². The minimum atomic E-state index is -0.558. The van der Waals surface area contributed by atoms with E-state index in [-0.39, 0.29) is 24.2 Å². The SMILES string of the molecule is COc1ccnc(C(=O)N2CCCC3(CC2)CN(c2cccc(F)c2)C(=O)CO3)c1. The number of anilines is 1. The van der Waals surface area contributed by atoms with Gasteiger partial charge in [0.1, 0.15) is 23.9 Å². The number of nitrogens with zero attached hydrogens (tertiary/aromatic N) is 3. The summed E-state index contributed by atoms with van der Waals surface area (Å²) in [5, 5.41) is 0. The first kappa shape index (κ1) is 20.3. The van der Waals surface area contributed by atoms with Crippen LogP contribution in [0, 0.1) is 5.82 Å². The summed E-state index contributed by atoms with van der Waals surface area (Å²) in [6.45, 7) is 1.36. The van der Waals surface area contributed by atoms with E-state index in [2.05, 4.69) is 4.98 Å². The van der Waals surface area contributed by atoms with Gasteiger partial charge in [-0.25, -0.2) is 4.39 Å². The minimum absolute atomic E-state index is 0.0537. The first-order valence-electron chi connectivity index (χ1n) is 9.99. The third kappa shape index (κ3) is 4.14. The van der Waals surface area contributed by atoms with Gasteiger partial charge in [0.05, 0.1) is 19.3 Å². The van der Waals surface area contributed by atoms with Gasteiger partial charge in [-0.05, 0) is 43.5 Å². The standard InChI is InChI=1S/C22H24FN3O4/c1-29-18-6-9-24-19(13-18)21(28)25-10-3-7-22(8-11-25)15-26(20(27)14-30-22)17-5-2-4-16(23)12-17/h2,4-6,9,12-13H,3,7-8,10-11,14-15H2,1H3. The van der Waals surface area contributed by atoms with E-state index >= 15 is 0 Å². The molecule has 1 unspecified atom stereocenters. The van der Waals surface area contributed by atoms with Crippen molar-refractivity contribution in [3.8, 4) is 5.75 Å². The fourth-order valence-corrected chi connectivity index (χ4v) is 4.08. The third-order valence-corrected chi connectivity index (χ3v) is 5.74. The number of carbonyl (C=O) groups is 2. The summed E-state index contributed by atoms with van der Waals surface area (Å²) in [7, 11) is 1.55. The van der Waals surface area contributed by atoms with Crippen LogP contribution in [-0.4, -0.2) is 60.7 Å². The maximum absolute atomic E-state index is 13.7. The van der Waals surface area contributed by atoms with Crippen LogP contribution in [0.25, 0.3) is 0 Å². The Labute approximate surface area is 174 Å². The number of amides is 2. The smallest absolute Gasteiger partial charge is 0.272 e. The second-order valence-corrected chi connectivity index (χ2v) is 7.66. The van der Waals surface area contributed by atoms with Crippen LogP contribution in [-0.2, 0) is 9.53 Å². The van der Waals surface area contributed by atoms with Gasteiger partial charge >= 0.3 is 0 Å². The molecular formula is C22H24FN3O4. The van der Waals surface area contributed by atoms with Crippen LogP contribution in [0.3, 0.4) is 0 Å². The average Bonchev–Trinajstić information content (AvgIpc) is 2.98. The van der Waals surface area contributed by atoms with Crippen LogP contribution < -0.4 is 9.64 Å². The Bertz CT molecular complexity index is 953. The molecule has 0 saturated carbocycles. The van der Waals surface area contributed by atoms with E-state index < -0.39 is 5.60 Å². The van der Waals surface area contributed by atoms with Gasteiger partial charge in [-0.15, -0.1) is 0 Å². The molecule has 3 heterocycles. The number of rotatable bonds is 3. The molecule has 0 bridgehead atoms. The van der Waals surface area contributed by atoms with E-state index in [1.54, 1.807) is 47.4 Å². The highest BCUT2D eigenvalue weighted by Gasteiger charge is 2.42. The molecule has 2 saturated heterocycles. The van der Waals surface area contributed by atoms with E-state index in [1.165, 1.54) is 12.1 Å². The van der Waals surface area contributed by atoms with Gasteiger partial charge in [0, 0.05) is 31.0 Å². The molecule has 1 aromatic carbocycles. The zero-order valence-electron chi connectivity index (χ0n) is 16.8. The lowest BCUT2D eigenvalue weighted by Crippen LogP contribution is -2.55. The number of aromatic nitrogens is 1. The molecule has 2 aromatic rings. The summed E-state index contributed by atoms with van der Waals surface area (Å²) in [5.74, 6) is -0.146. The van der Waals surface area contributed by atoms with Crippen LogP contribution in [0.15, 0.2) is 42.6 Å². The molecule has 1 spiro atoms. The fraction of sp³-hybridized carbons (Fsp3) is 0.409. The number of hydrogen-bond acceptors (Lipinski definition) is 5. The lowest BCUT2D eigenvalue weighted by molar-refractivity contribution is -0.140. The Balaban J connectivity index is 1.48. The van der Waals surface area contributed by atoms with Gasteiger partial charge in [0.25, 0.3) is 11.8 Å². The van der Waals surface area contributed by atoms with Crippen molar-refractivity contribution < 1.29 is 23.5 Å². The highest BCUT2D eigenvalue weighted by Crippen LogP contribution is 2.33. The van der Waals surface area contributed by atoms with Crippen molar-refractivity contribution in [1.82, 2.24) is 9.88 Å². The number of halogens is 1. The Kier molecular flexibility index (Phi) is 5.67. The summed E-state index contributed by atoms with van der Waals surface area (Å²) >= 11 is 0. The van der Waals surface area contributed by atoms with Crippen LogP contribution in [0.5, 0.6) is 5.75 Å². The molecule has 0 N–H and O–H groups in total. The monoisotopic (exact) mass is 413 g/mol. The predicted octanol–water partition coefficient (Wildman–Crippen LogP) is 2.66. The maximum Gasteiger partial charge on any atom is 0.272 e. The number of pyridine rings is 1. The first-order chi connectivity index (χ1) is 14.5. The predicted molar refractivity (Wildman–Crippen MR) is 108 cm³/mol. The van der Waals surface area contributed by atoms with Gasteiger partial charge in [0.2, 0.25) is 0 Å². The maximum atomic E-state index is 13.7. The van der Waals surface area contributed by atoms with Crippen molar-refractivity contribution in [1.29, 1.82) is 0 Å². The number of carbonyl (C=O) groups excluding carboxylic acids is 2. The van der Waals surface area contributed by atoms with Crippen LogP contribution in [0.2, 0.25) is 0 Å². The molecular weight excluding hydrogens is 389 g/mol. The fourth-order valence-electron chi connectivity index (χ4n) is 4.08. The van der Waals surface area contributed by atoms with Gasteiger partial charge in [0.15, 0.2) is 0 Å². The Morgan fingerprint density at radius 3 is 2.90 bits per heavy atom. The molecule has 8 heteroatoms. The molecule has 2 fully saturated rings. The normalized spacial score (nSPS) is 22.1. The molecule has 1 atom stereocenters. The topological polar surface area (TPSA) is 72.0 Å². The van der Waals surface area contributed by atoms with E-state index in [0.29, 0.717) is 49.6 Å². The molecule has 2 aliphatic heterocycles. The zero-order chi connectivity index (χ0) is 21.1. The molecule has 0 radical (unpaired) electrons. The van der Waals surface area contributed by atoms with Crippen molar-refractivity contribution in [3.05, 3.63) is 54.1 Å². The van der Waals surface area contributed by atoms with Crippen molar-refractivity contribution >= 4 is 17.5 Å². The molecule has 2 aliphatic rings. The number of ether oxygens (including phenoxy) is 2. The van der Waals surface area contributed by atoms with Gasteiger partial charge in [-0.1, -0.05) is 6.07 Å². The van der Waals surface area contributed by atoms with E-state index in [4.69, 9.17) is 9.47 Å². The van der Waals surface area contributed by atoms with Crippen molar-refractivity contribution in [3.63, 3.8) is 0 Å². The summed E-state index contributed by atoms with van der Waals surface area (Å²) in [6, 6.07) is 9.35. The molecule has 7 nitrogen and oxygen atoms in total. The van der Waals surface area contributed by atoms with Crippen LogP contribution in [0.1, 0.15) is 29.8 Å². The summed E-state index contributed by atoms with van der Waals surface area (Å²) in [5.41, 5.74) is 0.309. The quantitative estimate of drug-likeness (QED) is 0.774. The second-order valence-electron chi connectivity index (χ2n) is 7.66. The van der Waals surface area contributed by atoms with Crippen molar-refractivity contribution in [2.24, 2.45) is 0 Å². The number of likely N-dealkylation sites (tertiary alicyclic amines) is 1. The van der Waals surface area contributed by atoms with Crippen molar-refractivity contribution in [2.75, 3.05) is 38.3 Å². The number of morpholine rings is 1. The number of methoxy groups -OCH3 is 1. The highest BCUT2D eigenvalue weighted by atomic mass is 19.1. The Hall–Kier alpha value is -3.00. The molecule has 4 rings (SSSR count). The van der Waals surface area contributed by atoms with Gasteiger partial charge in [-0.3, -0.25) is 14.6 Å². The molecule has 1 aromatic heterocycles. The van der Waals surface area contributed by atoms with Gasteiger partial charge in [-0.2, -0.15) is 0 Å². The molecule has 30 heavy (non-hydrogen) atoms. The van der Waals surface area contributed by atoms with Crippen LogP contribution in [0.4, 0.5) is 10.1 Å². The van der Waals surface area contributed by atoms with E-state index in [0.717, 1.165) is 6.42 Å². The third-order valence-electron chi connectivity index (χ3n) is 5.74. The summed E-state index contributed by atoms with van der Waals surface area (Å²) in [6.07, 6.45) is 3.59. The Morgan fingerprint density at radius 2 is 2.10 bits per heavy atom. The van der Waals surface area contributed by atoms with Gasteiger partial charge < -0.3 is 19.3 Å². The van der Waals surface area contributed by atoms with E-state index in [1.807, 2.05) is 0 Å².